The quantitative estimate of drug-likeness (QED) is 0.479. The Bertz CT molecular complexity index is 1230. The maximum atomic E-state index is 14.2. The number of phenolic OH excluding ortho intramolecular Hbond substituents is 1. The first-order chi connectivity index (χ1) is 16.0. The van der Waals surface area contributed by atoms with Crippen LogP contribution in [0.5, 0.6) is 11.5 Å². The molecule has 0 amide bonds. The number of hydrogen-bond acceptors (Lipinski definition) is 4. The lowest BCUT2D eigenvalue weighted by molar-refractivity contribution is 0.394. The fraction of sp³-hybridized carbons (Fsp3) is 0.148. The molecule has 0 fully saturated rings. The first-order valence-electron chi connectivity index (χ1n) is 10.6. The van der Waals surface area contributed by atoms with Crippen LogP contribution < -0.4 is 4.74 Å². The Hall–Kier alpha value is -3.93. The minimum atomic E-state index is -0.339. The van der Waals surface area contributed by atoms with Crippen molar-refractivity contribution in [3.8, 4) is 11.5 Å². The average molecular weight is 446 g/mol. The maximum Gasteiger partial charge on any atom is 0.128 e. The molecule has 0 saturated heterocycles. The molecule has 1 aliphatic heterocycles. The zero-order chi connectivity index (χ0) is 23.2. The predicted octanol–water partition coefficient (Wildman–Crippen LogP) is 5.62. The molecule has 168 valence electrons. The van der Waals surface area contributed by atoms with Crippen molar-refractivity contribution in [2.24, 2.45) is 4.99 Å². The Morgan fingerprint density at radius 2 is 1.70 bits per heavy atom. The van der Waals surface area contributed by atoms with Gasteiger partial charge in [0.15, 0.2) is 0 Å². The van der Waals surface area contributed by atoms with E-state index in [1.54, 1.807) is 48.5 Å². The van der Waals surface area contributed by atoms with Gasteiger partial charge in [-0.15, -0.1) is 0 Å². The number of aliphatic imine (C=N–C) groups is 1. The number of hydrogen-bond donors (Lipinski definition) is 1. The van der Waals surface area contributed by atoms with Gasteiger partial charge in [-0.05, 0) is 24.3 Å². The van der Waals surface area contributed by atoms with Gasteiger partial charge in [-0.25, -0.2) is 8.78 Å². The molecule has 0 aromatic heterocycles. The summed E-state index contributed by atoms with van der Waals surface area (Å²) in [4.78, 5) is 6.64. The summed E-state index contributed by atoms with van der Waals surface area (Å²) in [6, 6.07) is 18.1. The molecule has 33 heavy (non-hydrogen) atoms. The van der Waals surface area contributed by atoms with Gasteiger partial charge in [0.25, 0.3) is 0 Å². The second-order valence-corrected chi connectivity index (χ2v) is 7.65. The van der Waals surface area contributed by atoms with Crippen molar-refractivity contribution in [2.45, 2.75) is 13.1 Å². The Labute approximate surface area is 191 Å². The van der Waals surface area contributed by atoms with Gasteiger partial charge in [0, 0.05) is 47.6 Å². The highest BCUT2D eigenvalue weighted by Crippen LogP contribution is 2.28. The molecule has 0 aliphatic carbocycles. The number of allylic oxidation sites excluding steroid dienone is 2. The smallest absolute Gasteiger partial charge is 0.128 e. The molecule has 1 heterocycles. The van der Waals surface area contributed by atoms with Crippen LogP contribution in [-0.2, 0) is 13.1 Å². The molecule has 0 spiro atoms. The zero-order valence-corrected chi connectivity index (χ0v) is 18.2. The second-order valence-electron chi connectivity index (χ2n) is 7.65. The number of nitrogens with zero attached hydrogens (tertiary/aromatic N) is 2. The minimum absolute atomic E-state index is 0.00200. The van der Waals surface area contributed by atoms with E-state index >= 15 is 0 Å². The van der Waals surface area contributed by atoms with Gasteiger partial charge in [0.2, 0.25) is 0 Å². The zero-order valence-electron chi connectivity index (χ0n) is 18.2. The van der Waals surface area contributed by atoms with E-state index in [0.717, 1.165) is 5.57 Å². The highest BCUT2D eigenvalue weighted by Gasteiger charge is 2.18. The lowest BCUT2D eigenvalue weighted by atomic mass is 9.99. The molecule has 6 heteroatoms. The molecule has 0 atom stereocenters. The van der Waals surface area contributed by atoms with Gasteiger partial charge in [-0.1, -0.05) is 48.6 Å². The number of phenols is 1. The molecule has 1 aliphatic rings. The highest BCUT2D eigenvalue weighted by atomic mass is 19.1. The number of methoxy groups -OCH3 is 1. The topological polar surface area (TPSA) is 45.1 Å². The molecule has 0 radical (unpaired) electrons. The van der Waals surface area contributed by atoms with E-state index in [-0.39, 0.29) is 23.9 Å². The number of ether oxygens (including phenoxy) is 1. The van der Waals surface area contributed by atoms with E-state index < -0.39 is 0 Å². The molecule has 3 aromatic rings. The van der Waals surface area contributed by atoms with Gasteiger partial charge < -0.3 is 14.7 Å². The van der Waals surface area contributed by atoms with Crippen LogP contribution in [0.3, 0.4) is 0 Å². The van der Waals surface area contributed by atoms with Crippen molar-refractivity contribution in [1.29, 1.82) is 0 Å². The monoisotopic (exact) mass is 446 g/mol. The summed E-state index contributed by atoms with van der Waals surface area (Å²) in [5.41, 5.74) is 2.77. The van der Waals surface area contributed by atoms with Crippen LogP contribution in [0, 0.1) is 11.6 Å². The number of benzene rings is 3. The van der Waals surface area contributed by atoms with Crippen molar-refractivity contribution >= 4 is 5.71 Å². The Balaban J connectivity index is 1.71. The van der Waals surface area contributed by atoms with Crippen LogP contribution in [0.15, 0.2) is 95.6 Å². The van der Waals surface area contributed by atoms with Crippen LogP contribution in [0.2, 0.25) is 0 Å². The molecular formula is C27H24F2N2O2. The van der Waals surface area contributed by atoms with Crippen LogP contribution in [0.1, 0.15) is 16.7 Å². The van der Waals surface area contributed by atoms with Gasteiger partial charge in [0.1, 0.15) is 23.1 Å². The summed E-state index contributed by atoms with van der Waals surface area (Å²) in [6.45, 7) is 1.09. The van der Waals surface area contributed by atoms with E-state index in [9.17, 15) is 13.9 Å². The summed E-state index contributed by atoms with van der Waals surface area (Å²) >= 11 is 0. The van der Waals surface area contributed by atoms with Gasteiger partial charge in [-0.2, -0.15) is 0 Å². The van der Waals surface area contributed by atoms with Crippen LogP contribution in [-0.4, -0.2) is 29.4 Å². The summed E-state index contributed by atoms with van der Waals surface area (Å²) in [6.07, 6.45) is 5.74. The number of aromatic hydroxyl groups is 1. The number of rotatable bonds is 7. The van der Waals surface area contributed by atoms with E-state index in [2.05, 4.69) is 4.99 Å². The predicted molar refractivity (Wildman–Crippen MR) is 125 cm³/mol. The molecular weight excluding hydrogens is 422 g/mol. The fourth-order valence-electron chi connectivity index (χ4n) is 3.66. The largest absolute Gasteiger partial charge is 0.507 e. The van der Waals surface area contributed by atoms with Crippen LogP contribution >= 0.6 is 0 Å². The first-order valence-corrected chi connectivity index (χ1v) is 10.6. The third-order valence-electron chi connectivity index (χ3n) is 5.39. The maximum absolute atomic E-state index is 14.2. The summed E-state index contributed by atoms with van der Waals surface area (Å²) in [5.74, 6) is -0.0849. The van der Waals surface area contributed by atoms with Gasteiger partial charge in [-0.3, -0.25) is 4.99 Å². The standard InChI is InChI=1S/C27H24F2N2O2/c1-33-22-12-13-23(26(32)15-22)27(30-16-19-7-2-4-10-24(19)28)21-9-6-14-31(18-21)17-20-8-3-5-11-25(20)29/h2-13,15,18,32H,14,16-17H2,1H3. The minimum Gasteiger partial charge on any atom is -0.507 e. The van der Waals surface area contributed by atoms with Crippen molar-refractivity contribution in [2.75, 3.05) is 13.7 Å². The molecule has 0 saturated carbocycles. The van der Waals surface area contributed by atoms with Crippen LogP contribution in [0.25, 0.3) is 0 Å². The Morgan fingerprint density at radius 3 is 2.36 bits per heavy atom. The van der Waals surface area contributed by atoms with E-state index in [0.29, 0.717) is 41.2 Å². The van der Waals surface area contributed by atoms with Crippen molar-refractivity contribution in [1.82, 2.24) is 4.90 Å². The summed E-state index contributed by atoms with van der Waals surface area (Å²) < 4.78 is 33.6. The van der Waals surface area contributed by atoms with E-state index in [1.165, 1.54) is 25.3 Å². The van der Waals surface area contributed by atoms with Crippen molar-refractivity contribution in [3.05, 3.63) is 119 Å². The Kier molecular flexibility index (Phi) is 6.83. The van der Waals surface area contributed by atoms with Crippen LogP contribution in [0.4, 0.5) is 8.78 Å². The first kappa shape index (κ1) is 22.3. The normalized spacial score (nSPS) is 13.7. The average Bonchev–Trinajstić information content (AvgIpc) is 2.83. The lowest BCUT2D eigenvalue weighted by Gasteiger charge is -2.24. The molecule has 4 nitrogen and oxygen atoms in total. The third kappa shape index (κ3) is 5.29. The second kappa shape index (κ2) is 10.1. The molecule has 4 rings (SSSR count). The van der Waals surface area contributed by atoms with Crippen molar-refractivity contribution in [3.63, 3.8) is 0 Å². The molecule has 3 aromatic carbocycles. The third-order valence-corrected chi connectivity index (χ3v) is 5.39. The van der Waals surface area contributed by atoms with Gasteiger partial charge in [0.05, 0.1) is 19.4 Å². The van der Waals surface area contributed by atoms with E-state index in [4.69, 9.17) is 4.74 Å². The summed E-state index contributed by atoms with van der Waals surface area (Å²) in [5, 5.41) is 10.7. The fourth-order valence-corrected chi connectivity index (χ4v) is 3.66. The summed E-state index contributed by atoms with van der Waals surface area (Å²) in [7, 11) is 1.52. The number of halogens is 2. The van der Waals surface area contributed by atoms with Crippen molar-refractivity contribution < 1.29 is 18.6 Å². The molecule has 0 bridgehead atoms. The molecule has 1 N–H and O–H groups in total. The Morgan fingerprint density at radius 1 is 1.00 bits per heavy atom. The molecule has 0 unspecified atom stereocenters. The van der Waals surface area contributed by atoms with E-state index in [1.807, 2.05) is 23.3 Å². The van der Waals surface area contributed by atoms with Gasteiger partial charge >= 0.3 is 0 Å². The SMILES string of the molecule is COc1ccc(C(=NCc2ccccc2F)C2=CN(Cc3ccccc3F)CC=C2)c(O)c1. The highest BCUT2D eigenvalue weighted by molar-refractivity contribution is 6.16. The lowest BCUT2D eigenvalue weighted by Crippen LogP contribution is -2.22.